The second-order valence-corrected chi connectivity index (χ2v) is 7.90. The number of nitrogens with one attached hydrogen (secondary N) is 1. The van der Waals surface area contributed by atoms with Crippen LogP contribution in [0.1, 0.15) is 5.56 Å². The van der Waals surface area contributed by atoms with Crippen LogP contribution in [-0.4, -0.2) is 12.5 Å². The first kappa shape index (κ1) is 20.5. The summed E-state index contributed by atoms with van der Waals surface area (Å²) in [7, 11) is -9.72. The lowest BCUT2D eigenvalue weighted by molar-refractivity contribution is -0.111. The zero-order valence-corrected chi connectivity index (χ0v) is 14.7. The van der Waals surface area contributed by atoms with Crippen LogP contribution in [0.4, 0.5) is 25.1 Å². The normalized spacial score (nSPS) is 14.3. The molecular weight excluding hydrogens is 389 g/mol. The highest BCUT2D eigenvalue weighted by Crippen LogP contribution is 3.02. The smallest absolute Gasteiger partial charge is 0.310 e. The molecule has 0 aromatic heterocycles. The average molecular weight is 405 g/mol. The molecule has 3 nitrogen and oxygen atoms in total. The Morgan fingerprint density at radius 3 is 2.33 bits per heavy atom. The van der Waals surface area contributed by atoms with E-state index in [1.165, 1.54) is 6.08 Å². The molecule has 0 saturated heterocycles. The molecule has 1 amide bonds. The molecule has 1 N–H and O–H groups in total. The first-order chi connectivity index (χ1) is 12.4. The van der Waals surface area contributed by atoms with Gasteiger partial charge < -0.3 is 10.1 Å². The van der Waals surface area contributed by atoms with Gasteiger partial charge in [-0.3, -0.25) is 4.79 Å². The number of anilines is 1. The molecule has 27 heavy (non-hydrogen) atoms. The third-order valence-corrected chi connectivity index (χ3v) is 4.38. The molecule has 2 rings (SSSR count). The number of hydrogen-bond donors (Lipinski definition) is 1. The van der Waals surface area contributed by atoms with Crippen LogP contribution in [0.5, 0.6) is 5.75 Å². The quantitative estimate of drug-likeness (QED) is 0.322. The van der Waals surface area contributed by atoms with Crippen molar-refractivity contribution < 1.29 is 29.0 Å². The summed E-state index contributed by atoms with van der Waals surface area (Å²) in [5, 5.41) is 2.30. The molecular formula is C18H16F5NO2S. The molecule has 0 aliphatic rings. The highest BCUT2D eigenvalue weighted by Gasteiger charge is 2.65. The Morgan fingerprint density at radius 1 is 1.07 bits per heavy atom. The molecule has 0 bridgehead atoms. The van der Waals surface area contributed by atoms with Crippen LogP contribution in [0.3, 0.4) is 0 Å². The van der Waals surface area contributed by atoms with Crippen molar-refractivity contribution >= 4 is 27.9 Å². The topological polar surface area (TPSA) is 38.3 Å². The molecule has 2 aromatic rings. The monoisotopic (exact) mass is 405 g/mol. The largest absolute Gasteiger partial charge is 0.490 e. The Hall–Kier alpha value is -2.81. The van der Waals surface area contributed by atoms with Crippen LogP contribution < -0.4 is 10.1 Å². The Bertz CT molecular complexity index is 877. The molecule has 0 radical (unpaired) electrons. The standard InChI is InChI=1S/C18H16F5NO2S/c1-2-12-26-16-5-3-4-14(13-16)6-11-18(25)24-15-7-9-17(10-8-15)27(19,20,21,22)23/h2-11,13H,1,12H2,(H,24,25). The van der Waals surface area contributed by atoms with Gasteiger partial charge in [0, 0.05) is 11.8 Å². The lowest BCUT2D eigenvalue weighted by Gasteiger charge is -2.40. The second-order valence-electron chi connectivity index (χ2n) is 5.49. The van der Waals surface area contributed by atoms with Gasteiger partial charge in [0.15, 0.2) is 0 Å². The fourth-order valence-electron chi connectivity index (χ4n) is 2.01. The number of rotatable bonds is 7. The van der Waals surface area contributed by atoms with E-state index in [1.54, 1.807) is 30.3 Å². The van der Waals surface area contributed by atoms with E-state index in [-0.39, 0.29) is 17.8 Å². The summed E-state index contributed by atoms with van der Waals surface area (Å²) >= 11 is 0. The maximum Gasteiger partial charge on any atom is 0.310 e. The van der Waals surface area contributed by atoms with E-state index in [1.807, 2.05) is 0 Å². The fourth-order valence-corrected chi connectivity index (χ4v) is 2.66. The first-order valence-electron chi connectivity index (χ1n) is 7.54. The number of halogens is 5. The molecule has 2 aromatic carbocycles. The van der Waals surface area contributed by atoms with Crippen molar-refractivity contribution in [1.29, 1.82) is 0 Å². The van der Waals surface area contributed by atoms with Crippen LogP contribution in [0.25, 0.3) is 6.08 Å². The highest BCUT2D eigenvalue weighted by molar-refractivity contribution is 8.45. The lowest BCUT2D eigenvalue weighted by atomic mass is 10.2. The van der Waals surface area contributed by atoms with Crippen LogP contribution in [0.2, 0.25) is 0 Å². The van der Waals surface area contributed by atoms with Crippen molar-refractivity contribution in [2.24, 2.45) is 0 Å². The Balaban J connectivity index is 2.04. The number of amides is 1. The average Bonchev–Trinajstić information content (AvgIpc) is 2.57. The zero-order valence-electron chi connectivity index (χ0n) is 13.9. The molecule has 0 spiro atoms. The van der Waals surface area contributed by atoms with E-state index in [2.05, 4.69) is 11.9 Å². The maximum atomic E-state index is 12.6. The minimum Gasteiger partial charge on any atom is -0.490 e. The number of benzene rings is 2. The van der Waals surface area contributed by atoms with Crippen LogP contribution in [-0.2, 0) is 4.79 Å². The number of hydrogen-bond acceptors (Lipinski definition) is 2. The first-order valence-corrected chi connectivity index (χ1v) is 9.49. The van der Waals surface area contributed by atoms with Crippen molar-refractivity contribution in [3.05, 3.63) is 72.8 Å². The van der Waals surface area contributed by atoms with Gasteiger partial charge in [0.25, 0.3) is 0 Å². The molecule has 0 aliphatic heterocycles. The SMILES string of the molecule is C=CCOc1cccc(C=CC(=O)Nc2ccc(S(F)(F)(F)(F)F)cc2)c1. The predicted molar refractivity (Wildman–Crippen MR) is 97.6 cm³/mol. The summed E-state index contributed by atoms with van der Waals surface area (Å²) in [5.41, 5.74) is 0.612. The molecule has 0 heterocycles. The van der Waals surface area contributed by atoms with Gasteiger partial charge in [-0.25, -0.2) is 0 Å². The van der Waals surface area contributed by atoms with E-state index in [4.69, 9.17) is 4.74 Å². The zero-order chi connectivity index (χ0) is 20.2. The van der Waals surface area contributed by atoms with Crippen molar-refractivity contribution in [1.82, 2.24) is 0 Å². The van der Waals surface area contributed by atoms with Gasteiger partial charge in [0.1, 0.15) is 17.3 Å². The molecule has 9 heteroatoms. The summed E-state index contributed by atoms with van der Waals surface area (Å²) in [5.74, 6) is -0.0588. The maximum absolute atomic E-state index is 12.6. The number of carbonyl (C=O) groups excluding carboxylic acids is 1. The summed E-state index contributed by atoms with van der Waals surface area (Å²) in [6, 6.07) is 8.84. The van der Waals surface area contributed by atoms with Crippen molar-refractivity contribution in [3.8, 4) is 5.75 Å². The number of ether oxygens (including phenoxy) is 1. The van der Waals surface area contributed by atoms with Gasteiger partial charge in [-0.2, -0.15) is 0 Å². The molecule has 0 unspecified atom stereocenters. The third kappa shape index (κ3) is 6.45. The van der Waals surface area contributed by atoms with E-state index in [0.29, 0.717) is 17.9 Å². The van der Waals surface area contributed by atoms with Gasteiger partial charge in [-0.1, -0.05) is 44.2 Å². The van der Waals surface area contributed by atoms with Crippen molar-refractivity contribution in [3.63, 3.8) is 0 Å². The van der Waals surface area contributed by atoms with Crippen LogP contribution >= 0.6 is 10.2 Å². The predicted octanol–water partition coefficient (Wildman–Crippen LogP) is 6.56. The molecule has 0 fully saturated rings. The van der Waals surface area contributed by atoms with Gasteiger partial charge >= 0.3 is 10.2 Å². The van der Waals surface area contributed by atoms with Crippen LogP contribution in [0.15, 0.2) is 72.2 Å². The molecule has 0 aliphatic carbocycles. The third-order valence-electron chi connectivity index (χ3n) is 3.22. The highest BCUT2D eigenvalue weighted by atomic mass is 32.5. The summed E-state index contributed by atoms with van der Waals surface area (Å²) < 4.78 is 68.6. The Labute approximate surface area is 152 Å². The second kappa shape index (κ2) is 6.73. The fraction of sp³-hybridized carbons (Fsp3) is 0.0556. The minimum atomic E-state index is -9.72. The van der Waals surface area contributed by atoms with Gasteiger partial charge in [-0.05, 0) is 48.0 Å². The molecule has 0 saturated carbocycles. The van der Waals surface area contributed by atoms with Gasteiger partial charge in [0.05, 0.1) is 0 Å². The van der Waals surface area contributed by atoms with E-state index in [9.17, 15) is 24.2 Å². The van der Waals surface area contributed by atoms with Crippen molar-refractivity contribution in [2.45, 2.75) is 4.90 Å². The van der Waals surface area contributed by atoms with E-state index < -0.39 is 21.0 Å². The number of carbonyl (C=O) groups is 1. The van der Waals surface area contributed by atoms with Gasteiger partial charge in [0.2, 0.25) is 5.91 Å². The van der Waals surface area contributed by atoms with Crippen molar-refractivity contribution in [2.75, 3.05) is 11.9 Å². The molecule has 0 atom stereocenters. The van der Waals surface area contributed by atoms with Gasteiger partial charge in [-0.15, -0.1) is 0 Å². The minimum absolute atomic E-state index is 0.0432. The summed E-state index contributed by atoms with van der Waals surface area (Å²) in [4.78, 5) is 9.83. The summed E-state index contributed by atoms with van der Waals surface area (Å²) in [6.07, 6.45) is 4.21. The Morgan fingerprint density at radius 2 is 1.74 bits per heavy atom. The molecule has 146 valence electrons. The summed E-state index contributed by atoms with van der Waals surface area (Å²) in [6.45, 7) is 3.85. The van der Waals surface area contributed by atoms with Crippen LogP contribution in [0, 0.1) is 0 Å². The van der Waals surface area contributed by atoms with E-state index in [0.717, 1.165) is 18.2 Å². The lowest BCUT2D eigenvalue weighted by Crippen LogP contribution is -2.09. The van der Waals surface area contributed by atoms with E-state index >= 15 is 0 Å². The Kier molecular flexibility index (Phi) is 5.11.